The van der Waals surface area contributed by atoms with E-state index in [-0.39, 0.29) is 11.6 Å². The van der Waals surface area contributed by atoms with Gasteiger partial charge >= 0.3 is 5.97 Å². The zero-order chi connectivity index (χ0) is 16.9. The van der Waals surface area contributed by atoms with Crippen LogP contribution in [-0.4, -0.2) is 18.5 Å². The first-order valence-corrected chi connectivity index (χ1v) is 8.05. The smallest absolute Gasteiger partial charge is 0.363 e. The van der Waals surface area contributed by atoms with Crippen LogP contribution in [0.15, 0.2) is 59.2 Å². The lowest BCUT2D eigenvalue weighted by Crippen LogP contribution is -2.05. The van der Waals surface area contributed by atoms with E-state index in [4.69, 9.17) is 21.1 Å². The van der Waals surface area contributed by atoms with Crippen molar-refractivity contribution in [2.24, 2.45) is 4.99 Å². The lowest BCUT2D eigenvalue weighted by atomic mass is 10.2. The van der Waals surface area contributed by atoms with E-state index in [1.807, 2.05) is 43.3 Å². The molecule has 0 N–H and O–H groups in total. The van der Waals surface area contributed by atoms with Crippen molar-refractivity contribution in [2.45, 2.75) is 13.3 Å². The summed E-state index contributed by atoms with van der Waals surface area (Å²) in [5.41, 5.74) is 1.65. The van der Waals surface area contributed by atoms with Crippen molar-refractivity contribution >= 4 is 29.5 Å². The molecule has 0 aliphatic carbocycles. The van der Waals surface area contributed by atoms with Crippen molar-refractivity contribution in [3.63, 3.8) is 0 Å². The van der Waals surface area contributed by atoms with E-state index in [9.17, 15) is 4.79 Å². The Morgan fingerprint density at radius 3 is 2.83 bits per heavy atom. The molecule has 0 saturated heterocycles. The molecule has 0 saturated carbocycles. The molecular weight excluding hydrogens is 326 g/mol. The Balaban J connectivity index is 1.88. The average molecular weight is 342 g/mol. The average Bonchev–Trinajstić information content (AvgIpc) is 2.94. The van der Waals surface area contributed by atoms with Crippen LogP contribution in [0.4, 0.5) is 0 Å². The molecule has 0 amide bonds. The lowest BCUT2D eigenvalue weighted by molar-refractivity contribution is -0.129. The minimum atomic E-state index is -0.496. The number of halogens is 1. The molecule has 1 aliphatic heterocycles. The maximum Gasteiger partial charge on any atom is 0.363 e. The molecule has 0 radical (unpaired) electrons. The third kappa shape index (κ3) is 3.66. The summed E-state index contributed by atoms with van der Waals surface area (Å²) in [7, 11) is 0. The summed E-state index contributed by atoms with van der Waals surface area (Å²) in [6.07, 6.45) is 2.61. The second-order valence-corrected chi connectivity index (χ2v) is 5.64. The largest absolute Gasteiger partial charge is 0.494 e. The number of carbonyl (C=O) groups is 1. The summed E-state index contributed by atoms with van der Waals surface area (Å²) in [5, 5.41) is 0.486. The molecule has 3 rings (SSSR count). The van der Waals surface area contributed by atoms with E-state index >= 15 is 0 Å². The second kappa shape index (κ2) is 7.32. The van der Waals surface area contributed by atoms with Gasteiger partial charge in [-0.05, 0) is 42.3 Å². The Labute approximate surface area is 145 Å². The standard InChI is InChI=1S/C19H16ClNO3/c1-2-10-23-14-7-5-6-13(11-14)12-17-19(22)24-18(21-17)15-8-3-4-9-16(15)20/h3-9,11-12H,2,10H2,1H3/b17-12-. The van der Waals surface area contributed by atoms with Gasteiger partial charge in [-0.1, -0.05) is 42.8 Å². The van der Waals surface area contributed by atoms with Gasteiger partial charge in [0.25, 0.3) is 0 Å². The number of rotatable bonds is 5. The van der Waals surface area contributed by atoms with Crippen LogP contribution in [0.25, 0.3) is 6.08 Å². The fourth-order valence-corrected chi connectivity index (χ4v) is 2.45. The number of carbonyl (C=O) groups excluding carboxylic acids is 1. The Hall–Kier alpha value is -2.59. The van der Waals surface area contributed by atoms with Gasteiger partial charge < -0.3 is 9.47 Å². The molecule has 1 heterocycles. The molecule has 0 aromatic heterocycles. The summed E-state index contributed by atoms with van der Waals surface area (Å²) in [6.45, 7) is 2.70. The van der Waals surface area contributed by atoms with Gasteiger partial charge in [0, 0.05) is 0 Å². The van der Waals surface area contributed by atoms with Crippen molar-refractivity contribution in [1.29, 1.82) is 0 Å². The van der Waals surface area contributed by atoms with Gasteiger partial charge in [-0.3, -0.25) is 0 Å². The zero-order valence-corrected chi connectivity index (χ0v) is 13.9. The summed E-state index contributed by atoms with van der Waals surface area (Å²) >= 11 is 6.12. The highest BCUT2D eigenvalue weighted by Gasteiger charge is 2.25. The third-order valence-electron chi connectivity index (χ3n) is 3.36. The van der Waals surface area contributed by atoms with Crippen LogP contribution in [0.2, 0.25) is 5.02 Å². The first-order valence-electron chi connectivity index (χ1n) is 7.67. The molecule has 24 heavy (non-hydrogen) atoms. The van der Waals surface area contributed by atoms with E-state index in [2.05, 4.69) is 4.99 Å². The van der Waals surface area contributed by atoms with Crippen molar-refractivity contribution in [3.8, 4) is 5.75 Å². The first kappa shape index (κ1) is 16.3. The molecule has 0 spiro atoms. The van der Waals surface area contributed by atoms with E-state index in [1.54, 1.807) is 18.2 Å². The van der Waals surface area contributed by atoms with Crippen LogP contribution < -0.4 is 4.74 Å². The van der Waals surface area contributed by atoms with Gasteiger partial charge in [0.1, 0.15) is 5.75 Å². The van der Waals surface area contributed by atoms with E-state index in [0.29, 0.717) is 17.2 Å². The minimum absolute atomic E-state index is 0.218. The molecule has 2 aromatic rings. The summed E-state index contributed by atoms with van der Waals surface area (Å²) < 4.78 is 10.8. The molecule has 0 unspecified atom stereocenters. The monoisotopic (exact) mass is 341 g/mol. The van der Waals surface area contributed by atoms with Crippen LogP contribution in [-0.2, 0) is 9.53 Å². The number of aliphatic imine (C=N–C) groups is 1. The molecule has 0 fully saturated rings. The second-order valence-electron chi connectivity index (χ2n) is 5.24. The quantitative estimate of drug-likeness (QED) is 0.595. The highest BCUT2D eigenvalue weighted by Crippen LogP contribution is 2.24. The number of hydrogen-bond acceptors (Lipinski definition) is 4. The van der Waals surface area contributed by atoms with Crippen molar-refractivity contribution in [2.75, 3.05) is 6.61 Å². The summed E-state index contributed by atoms with van der Waals surface area (Å²) in [5.74, 6) is 0.480. The Kier molecular flexibility index (Phi) is 4.96. The lowest BCUT2D eigenvalue weighted by Gasteiger charge is -2.04. The van der Waals surface area contributed by atoms with Gasteiger partial charge in [0.05, 0.1) is 17.2 Å². The minimum Gasteiger partial charge on any atom is -0.494 e. The molecular formula is C19H16ClNO3. The molecule has 0 bridgehead atoms. The molecule has 5 heteroatoms. The molecule has 122 valence electrons. The van der Waals surface area contributed by atoms with Crippen molar-refractivity contribution in [1.82, 2.24) is 0 Å². The normalized spacial score (nSPS) is 15.3. The number of hydrogen-bond donors (Lipinski definition) is 0. The Morgan fingerprint density at radius 1 is 1.21 bits per heavy atom. The molecule has 4 nitrogen and oxygen atoms in total. The van der Waals surface area contributed by atoms with Gasteiger partial charge in [-0.15, -0.1) is 0 Å². The van der Waals surface area contributed by atoms with Gasteiger partial charge in [-0.25, -0.2) is 9.79 Å². The zero-order valence-electron chi connectivity index (χ0n) is 13.2. The highest BCUT2D eigenvalue weighted by molar-refractivity contribution is 6.34. The number of ether oxygens (including phenoxy) is 2. The van der Waals surface area contributed by atoms with Crippen LogP contribution in [0.5, 0.6) is 5.75 Å². The van der Waals surface area contributed by atoms with E-state index in [1.165, 1.54) is 0 Å². The maximum atomic E-state index is 12.1. The van der Waals surface area contributed by atoms with Gasteiger partial charge in [-0.2, -0.15) is 0 Å². The van der Waals surface area contributed by atoms with Crippen LogP contribution in [0.1, 0.15) is 24.5 Å². The third-order valence-corrected chi connectivity index (χ3v) is 3.69. The number of benzene rings is 2. The predicted molar refractivity (Wildman–Crippen MR) is 94.3 cm³/mol. The van der Waals surface area contributed by atoms with Crippen LogP contribution >= 0.6 is 11.6 Å². The fraction of sp³-hybridized carbons (Fsp3) is 0.158. The predicted octanol–water partition coefficient (Wildman–Crippen LogP) is 4.47. The molecule has 0 atom stereocenters. The SMILES string of the molecule is CCCOc1cccc(/C=C2\N=C(c3ccccc3Cl)OC2=O)c1. The van der Waals surface area contributed by atoms with Crippen LogP contribution in [0, 0.1) is 0 Å². The Bertz CT molecular complexity index is 827. The maximum absolute atomic E-state index is 12.1. The number of cyclic esters (lactones) is 1. The van der Waals surface area contributed by atoms with Crippen molar-refractivity contribution < 1.29 is 14.3 Å². The Morgan fingerprint density at radius 2 is 2.04 bits per heavy atom. The van der Waals surface area contributed by atoms with E-state index < -0.39 is 5.97 Å². The molecule has 1 aliphatic rings. The van der Waals surface area contributed by atoms with Gasteiger partial charge in [0.2, 0.25) is 5.90 Å². The van der Waals surface area contributed by atoms with Crippen molar-refractivity contribution in [3.05, 3.63) is 70.4 Å². The topological polar surface area (TPSA) is 47.9 Å². The first-order chi connectivity index (χ1) is 11.7. The number of esters is 1. The van der Waals surface area contributed by atoms with E-state index in [0.717, 1.165) is 17.7 Å². The molecule has 2 aromatic carbocycles. The summed E-state index contributed by atoms with van der Waals surface area (Å²) in [6, 6.07) is 14.6. The summed E-state index contributed by atoms with van der Waals surface area (Å²) in [4.78, 5) is 16.3. The highest BCUT2D eigenvalue weighted by atomic mass is 35.5. The van der Waals surface area contributed by atoms with Crippen LogP contribution in [0.3, 0.4) is 0 Å². The number of nitrogens with zero attached hydrogens (tertiary/aromatic N) is 1. The van der Waals surface area contributed by atoms with Gasteiger partial charge in [0.15, 0.2) is 5.70 Å². The fourth-order valence-electron chi connectivity index (χ4n) is 2.23.